The lowest BCUT2D eigenvalue weighted by Gasteiger charge is -2.21. The van der Waals surface area contributed by atoms with Gasteiger partial charge in [0.25, 0.3) is 0 Å². The quantitative estimate of drug-likeness (QED) is 0.0591. The van der Waals surface area contributed by atoms with Crippen LogP contribution in [0.4, 0.5) is 0 Å². The fraction of sp³-hybridized carbons (Fsp3) is 0.950. The van der Waals surface area contributed by atoms with Gasteiger partial charge in [-0.25, -0.2) is 0 Å². The first kappa shape index (κ1) is 44.1. The second-order valence-electron chi connectivity index (χ2n) is 14.0. The van der Waals surface area contributed by atoms with Gasteiger partial charge in [-0.2, -0.15) is 0 Å². The minimum atomic E-state index is -1.32. The lowest BCUT2D eigenvalue weighted by atomic mass is 10.0. The van der Waals surface area contributed by atoms with Gasteiger partial charge in [0.15, 0.2) is 5.78 Å². The molecule has 0 saturated heterocycles. The van der Waals surface area contributed by atoms with Crippen molar-refractivity contribution in [3.63, 3.8) is 0 Å². The molecule has 0 aromatic heterocycles. The van der Waals surface area contributed by atoms with E-state index in [2.05, 4.69) is 19.2 Å². The van der Waals surface area contributed by atoms with E-state index < -0.39 is 18.8 Å². The Hall–Kier alpha value is -0.940. The van der Waals surface area contributed by atoms with E-state index in [9.17, 15) is 19.8 Å². The first-order chi connectivity index (χ1) is 22.1. The number of nitrogens with one attached hydrogen (secondary N) is 1. The summed E-state index contributed by atoms with van der Waals surface area (Å²) in [7, 11) is 0. The van der Waals surface area contributed by atoms with E-state index in [4.69, 9.17) is 0 Å². The van der Waals surface area contributed by atoms with Crippen LogP contribution in [0.3, 0.4) is 0 Å². The Morgan fingerprint density at radius 2 is 0.711 bits per heavy atom. The monoisotopic (exact) mass is 638 g/mol. The summed E-state index contributed by atoms with van der Waals surface area (Å²) in [6, 6.07) is -0.900. The van der Waals surface area contributed by atoms with Gasteiger partial charge >= 0.3 is 0 Å². The van der Waals surface area contributed by atoms with Crippen LogP contribution in [0.2, 0.25) is 0 Å². The van der Waals surface area contributed by atoms with E-state index in [0.717, 1.165) is 38.5 Å². The van der Waals surface area contributed by atoms with Gasteiger partial charge in [0, 0.05) is 12.8 Å². The zero-order chi connectivity index (χ0) is 33.1. The molecule has 0 radical (unpaired) electrons. The smallest absolute Gasteiger partial charge is 0.220 e. The third-order valence-electron chi connectivity index (χ3n) is 9.54. The predicted octanol–water partition coefficient (Wildman–Crippen LogP) is 11.3. The van der Waals surface area contributed by atoms with Gasteiger partial charge in [0.1, 0.15) is 6.10 Å². The standard InChI is InChI=1S/C40H79NO4/c1-3-5-7-9-11-13-15-17-18-19-20-21-22-23-25-27-29-31-33-35-39(44)41-37(36-42)40(45)38(43)34-32-30-28-26-24-16-14-12-10-8-6-4-2/h37,40,42,45H,3-36H2,1-2H3,(H,41,44). The van der Waals surface area contributed by atoms with Crippen molar-refractivity contribution in [2.75, 3.05) is 6.61 Å². The number of aliphatic hydroxyl groups excluding tert-OH is 2. The van der Waals surface area contributed by atoms with E-state index in [-0.39, 0.29) is 11.7 Å². The Morgan fingerprint density at radius 1 is 0.444 bits per heavy atom. The lowest BCUT2D eigenvalue weighted by molar-refractivity contribution is -0.131. The Labute approximate surface area is 280 Å². The SMILES string of the molecule is CCCCCCCCCCCCCCCCCCCCCC(=O)NC(CO)C(O)C(=O)CCCCCCCCCCCCCC. The van der Waals surface area contributed by atoms with Gasteiger partial charge in [-0.3, -0.25) is 9.59 Å². The number of aliphatic hydroxyl groups is 2. The van der Waals surface area contributed by atoms with Crippen LogP contribution in [0, 0.1) is 0 Å². The zero-order valence-corrected chi connectivity index (χ0v) is 30.4. The lowest BCUT2D eigenvalue weighted by Crippen LogP contribution is -2.49. The molecule has 3 N–H and O–H groups in total. The van der Waals surface area contributed by atoms with Crippen molar-refractivity contribution in [2.24, 2.45) is 0 Å². The summed E-state index contributed by atoms with van der Waals surface area (Å²) >= 11 is 0. The van der Waals surface area contributed by atoms with Crippen LogP contribution >= 0.6 is 0 Å². The number of Topliss-reactive ketones (excluding diaryl/α,β-unsaturated/α-hetero) is 1. The molecule has 0 aliphatic heterocycles. The Kier molecular flexibility index (Phi) is 35.2. The van der Waals surface area contributed by atoms with Gasteiger partial charge in [0.2, 0.25) is 5.91 Å². The van der Waals surface area contributed by atoms with Gasteiger partial charge in [-0.05, 0) is 12.8 Å². The van der Waals surface area contributed by atoms with Crippen molar-refractivity contribution >= 4 is 11.7 Å². The highest BCUT2D eigenvalue weighted by Gasteiger charge is 2.26. The van der Waals surface area contributed by atoms with Crippen LogP contribution in [-0.4, -0.2) is 40.7 Å². The van der Waals surface area contributed by atoms with Gasteiger partial charge in [-0.15, -0.1) is 0 Å². The molecule has 2 unspecified atom stereocenters. The van der Waals surface area contributed by atoms with Crippen molar-refractivity contribution in [3.05, 3.63) is 0 Å². The zero-order valence-electron chi connectivity index (χ0n) is 30.4. The molecule has 268 valence electrons. The predicted molar refractivity (Wildman–Crippen MR) is 194 cm³/mol. The van der Waals surface area contributed by atoms with Crippen LogP contribution in [0.1, 0.15) is 226 Å². The number of rotatable bonds is 37. The van der Waals surface area contributed by atoms with Gasteiger partial charge in [-0.1, -0.05) is 200 Å². The topological polar surface area (TPSA) is 86.6 Å². The van der Waals surface area contributed by atoms with Crippen LogP contribution in [0.25, 0.3) is 0 Å². The first-order valence-electron chi connectivity index (χ1n) is 20.2. The van der Waals surface area contributed by atoms with E-state index in [0.29, 0.717) is 12.8 Å². The van der Waals surface area contributed by atoms with Gasteiger partial charge < -0.3 is 15.5 Å². The number of amides is 1. The summed E-state index contributed by atoms with van der Waals surface area (Å²) < 4.78 is 0. The third kappa shape index (κ3) is 31.4. The van der Waals surface area contributed by atoms with Gasteiger partial charge in [0.05, 0.1) is 12.6 Å². The molecule has 0 aromatic carbocycles. The molecule has 2 atom stereocenters. The molecular formula is C40H79NO4. The second kappa shape index (κ2) is 35.9. The van der Waals surface area contributed by atoms with E-state index >= 15 is 0 Å². The molecule has 0 aliphatic rings. The van der Waals surface area contributed by atoms with Crippen LogP contribution < -0.4 is 5.32 Å². The molecule has 0 aromatic rings. The summed E-state index contributed by atoms with van der Waals surface area (Å²) in [6.07, 6.45) is 39.2. The Bertz CT molecular complexity index is 625. The minimum Gasteiger partial charge on any atom is -0.394 e. The van der Waals surface area contributed by atoms with Crippen LogP contribution in [0.15, 0.2) is 0 Å². The molecule has 0 bridgehead atoms. The Morgan fingerprint density at radius 3 is 1.00 bits per heavy atom. The van der Waals surface area contributed by atoms with E-state index in [1.54, 1.807) is 0 Å². The molecule has 45 heavy (non-hydrogen) atoms. The maximum absolute atomic E-state index is 12.4. The highest BCUT2D eigenvalue weighted by molar-refractivity contribution is 5.85. The maximum atomic E-state index is 12.4. The van der Waals surface area contributed by atoms with Crippen molar-refractivity contribution in [1.82, 2.24) is 5.32 Å². The normalized spacial score (nSPS) is 12.8. The van der Waals surface area contributed by atoms with Crippen molar-refractivity contribution in [3.8, 4) is 0 Å². The summed E-state index contributed by atoms with van der Waals surface area (Å²) in [6.45, 7) is 4.11. The highest BCUT2D eigenvalue weighted by atomic mass is 16.3. The van der Waals surface area contributed by atoms with Crippen LogP contribution in [0.5, 0.6) is 0 Å². The fourth-order valence-electron chi connectivity index (χ4n) is 6.38. The molecule has 0 aliphatic carbocycles. The fourth-order valence-corrected chi connectivity index (χ4v) is 6.38. The van der Waals surface area contributed by atoms with E-state index in [1.165, 1.54) is 161 Å². The Balaban J connectivity index is 3.60. The molecule has 5 heteroatoms. The van der Waals surface area contributed by atoms with E-state index in [1.807, 2.05) is 0 Å². The largest absolute Gasteiger partial charge is 0.394 e. The third-order valence-corrected chi connectivity index (χ3v) is 9.54. The second-order valence-corrected chi connectivity index (χ2v) is 14.0. The minimum absolute atomic E-state index is 0.182. The molecule has 0 spiro atoms. The molecule has 0 saturated carbocycles. The number of hydrogen-bond acceptors (Lipinski definition) is 4. The average molecular weight is 638 g/mol. The molecule has 0 heterocycles. The maximum Gasteiger partial charge on any atom is 0.220 e. The molecule has 0 rings (SSSR count). The van der Waals surface area contributed by atoms with Crippen molar-refractivity contribution < 1.29 is 19.8 Å². The molecular weight excluding hydrogens is 558 g/mol. The summed E-state index contributed by atoms with van der Waals surface area (Å²) in [4.78, 5) is 24.8. The highest BCUT2D eigenvalue weighted by Crippen LogP contribution is 2.16. The first-order valence-corrected chi connectivity index (χ1v) is 20.2. The number of carbonyl (C=O) groups is 2. The molecule has 5 nitrogen and oxygen atoms in total. The summed E-state index contributed by atoms with van der Waals surface area (Å²) in [5.74, 6) is -0.455. The van der Waals surface area contributed by atoms with Crippen LogP contribution in [-0.2, 0) is 9.59 Å². The number of hydrogen-bond donors (Lipinski definition) is 3. The number of carbonyl (C=O) groups excluding carboxylic acids is 2. The van der Waals surface area contributed by atoms with Crippen molar-refractivity contribution in [2.45, 2.75) is 238 Å². The number of unbranched alkanes of at least 4 members (excludes halogenated alkanes) is 29. The molecule has 1 amide bonds. The van der Waals surface area contributed by atoms with Crippen molar-refractivity contribution in [1.29, 1.82) is 0 Å². The summed E-state index contributed by atoms with van der Waals surface area (Å²) in [5, 5.41) is 22.8. The summed E-state index contributed by atoms with van der Waals surface area (Å²) in [5.41, 5.74) is 0. The average Bonchev–Trinajstić information content (AvgIpc) is 3.04. The molecule has 0 fully saturated rings. The number of ketones is 1.